The van der Waals surface area contributed by atoms with Crippen LogP contribution in [-0.2, 0) is 4.79 Å². The standard InChI is InChI=1S/C7H8O4/c8-6(9)5-2-1-3-7(10,11)4-5/h1-2,4,10-11H,3H2,(H,8,9). The summed E-state index contributed by atoms with van der Waals surface area (Å²) in [6.45, 7) is 0. The molecule has 0 saturated carbocycles. The maximum Gasteiger partial charge on any atom is 0.335 e. The lowest BCUT2D eigenvalue weighted by atomic mass is 10.0. The zero-order valence-corrected chi connectivity index (χ0v) is 5.69. The molecule has 0 amide bonds. The molecule has 4 nitrogen and oxygen atoms in total. The summed E-state index contributed by atoms with van der Waals surface area (Å²) in [7, 11) is 0. The Bertz CT molecular complexity index is 237. The molecular weight excluding hydrogens is 148 g/mol. The highest BCUT2D eigenvalue weighted by Gasteiger charge is 2.23. The molecule has 60 valence electrons. The van der Waals surface area contributed by atoms with Crippen LogP contribution in [0.15, 0.2) is 23.8 Å². The summed E-state index contributed by atoms with van der Waals surface area (Å²) in [6, 6.07) is 0. The molecule has 0 spiro atoms. The third kappa shape index (κ3) is 1.89. The zero-order chi connectivity index (χ0) is 8.48. The number of aliphatic hydroxyl groups is 2. The number of carbonyl (C=O) groups is 1. The van der Waals surface area contributed by atoms with Gasteiger partial charge in [-0.05, 0) is 6.08 Å². The zero-order valence-electron chi connectivity index (χ0n) is 5.69. The van der Waals surface area contributed by atoms with Crippen LogP contribution in [0, 0.1) is 0 Å². The molecule has 0 aromatic carbocycles. The Morgan fingerprint density at radius 2 is 2.18 bits per heavy atom. The van der Waals surface area contributed by atoms with Gasteiger partial charge < -0.3 is 15.3 Å². The highest BCUT2D eigenvalue weighted by atomic mass is 16.5. The molecule has 0 fully saturated rings. The Kier molecular flexibility index (Phi) is 1.80. The fourth-order valence-corrected chi connectivity index (χ4v) is 0.848. The Hall–Kier alpha value is -1.13. The predicted molar refractivity (Wildman–Crippen MR) is 36.6 cm³/mol. The minimum absolute atomic E-state index is 0.0315. The van der Waals surface area contributed by atoms with E-state index in [0.29, 0.717) is 0 Å². The molecule has 1 aliphatic carbocycles. The molecule has 0 atom stereocenters. The van der Waals surface area contributed by atoms with Crippen LogP contribution >= 0.6 is 0 Å². The Morgan fingerprint density at radius 3 is 2.55 bits per heavy atom. The van der Waals surface area contributed by atoms with Crippen LogP contribution in [0.3, 0.4) is 0 Å². The fourth-order valence-electron chi connectivity index (χ4n) is 0.848. The highest BCUT2D eigenvalue weighted by molar-refractivity contribution is 5.90. The molecule has 0 aromatic heterocycles. The third-order valence-corrected chi connectivity index (χ3v) is 1.35. The maximum atomic E-state index is 10.3. The molecule has 0 heterocycles. The average molecular weight is 156 g/mol. The lowest BCUT2D eigenvalue weighted by Crippen LogP contribution is -2.27. The van der Waals surface area contributed by atoms with Crippen molar-refractivity contribution in [2.45, 2.75) is 12.2 Å². The fraction of sp³-hybridized carbons (Fsp3) is 0.286. The second-order valence-corrected chi connectivity index (χ2v) is 2.39. The van der Waals surface area contributed by atoms with E-state index in [1.165, 1.54) is 12.2 Å². The number of rotatable bonds is 1. The molecule has 11 heavy (non-hydrogen) atoms. The van der Waals surface area contributed by atoms with Gasteiger partial charge >= 0.3 is 5.97 Å². The highest BCUT2D eigenvalue weighted by Crippen LogP contribution is 2.18. The Labute approximate surface area is 63.1 Å². The van der Waals surface area contributed by atoms with Crippen molar-refractivity contribution in [3.8, 4) is 0 Å². The van der Waals surface area contributed by atoms with Crippen molar-refractivity contribution in [2.75, 3.05) is 0 Å². The number of carboxylic acid groups (broad SMARTS) is 1. The molecule has 1 rings (SSSR count). The molecule has 0 saturated heterocycles. The van der Waals surface area contributed by atoms with Crippen LogP contribution in [0.2, 0.25) is 0 Å². The number of hydrogen-bond donors (Lipinski definition) is 3. The van der Waals surface area contributed by atoms with E-state index < -0.39 is 11.8 Å². The molecule has 0 radical (unpaired) electrons. The maximum absolute atomic E-state index is 10.3. The van der Waals surface area contributed by atoms with Gasteiger partial charge in [-0.3, -0.25) is 0 Å². The Balaban J connectivity index is 2.89. The van der Waals surface area contributed by atoms with Crippen LogP contribution in [0.4, 0.5) is 0 Å². The summed E-state index contributed by atoms with van der Waals surface area (Å²) < 4.78 is 0. The van der Waals surface area contributed by atoms with Crippen molar-refractivity contribution in [1.29, 1.82) is 0 Å². The van der Waals surface area contributed by atoms with Crippen LogP contribution in [0.1, 0.15) is 6.42 Å². The molecule has 0 aliphatic heterocycles. The normalized spacial score (nSPS) is 21.1. The van der Waals surface area contributed by atoms with Gasteiger partial charge in [0.2, 0.25) is 0 Å². The summed E-state index contributed by atoms with van der Waals surface area (Å²) in [5.74, 6) is -3.16. The summed E-state index contributed by atoms with van der Waals surface area (Å²) in [6.07, 6.45) is 3.69. The first-order valence-electron chi connectivity index (χ1n) is 3.09. The second kappa shape index (κ2) is 2.48. The lowest BCUT2D eigenvalue weighted by molar-refractivity contribution is -0.134. The molecule has 0 aromatic rings. The largest absolute Gasteiger partial charge is 0.478 e. The van der Waals surface area contributed by atoms with Gasteiger partial charge in [0.25, 0.3) is 0 Å². The molecule has 3 N–H and O–H groups in total. The van der Waals surface area contributed by atoms with Crippen LogP contribution in [0.5, 0.6) is 0 Å². The van der Waals surface area contributed by atoms with Gasteiger partial charge in [0.1, 0.15) is 0 Å². The van der Waals surface area contributed by atoms with Crippen molar-refractivity contribution in [1.82, 2.24) is 0 Å². The quantitative estimate of drug-likeness (QED) is 0.453. The van der Waals surface area contributed by atoms with Gasteiger partial charge in [0, 0.05) is 6.42 Å². The average Bonchev–Trinajstić information content (AvgIpc) is 1.85. The molecule has 1 aliphatic rings. The molecule has 4 heteroatoms. The van der Waals surface area contributed by atoms with E-state index in [2.05, 4.69) is 0 Å². The van der Waals surface area contributed by atoms with Crippen LogP contribution in [0.25, 0.3) is 0 Å². The van der Waals surface area contributed by atoms with E-state index in [1.54, 1.807) is 0 Å². The van der Waals surface area contributed by atoms with Crippen molar-refractivity contribution in [3.63, 3.8) is 0 Å². The monoisotopic (exact) mass is 156 g/mol. The Morgan fingerprint density at radius 1 is 1.55 bits per heavy atom. The molecular formula is C7H8O4. The summed E-state index contributed by atoms with van der Waals surface area (Å²) in [4.78, 5) is 10.3. The lowest BCUT2D eigenvalue weighted by Gasteiger charge is -2.18. The number of aliphatic carboxylic acids is 1. The van der Waals surface area contributed by atoms with Gasteiger partial charge in [-0.2, -0.15) is 0 Å². The van der Waals surface area contributed by atoms with Crippen molar-refractivity contribution < 1.29 is 20.1 Å². The summed E-state index contributed by atoms with van der Waals surface area (Å²) >= 11 is 0. The van der Waals surface area contributed by atoms with E-state index in [0.717, 1.165) is 6.08 Å². The first-order valence-corrected chi connectivity index (χ1v) is 3.09. The van der Waals surface area contributed by atoms with Crippen molar-refractivity contribution in [3.05, 3.63) is 23.8 Å². The predicted octanol–water partition coefficient (Wildman–Crippen LogP) is -0.362. The first-order chi connectivity index (χ1) is 5.01. The van der Waals surface area contributed by atoms with E-state index in [1.807, 2.05) is 0 Å². The van der Waals surface area contributed by atoms with Gasteiger partial charge in [-0.1, -0.05) is 12.2 Å². The molecule has 0 bridgehead atoms. The van der Waals surface area contributed by atoms with E-state index in [-0.39, 0.29) is 12.0 Å². The van der Waals surface area contributed by atoms with Gasteiger partial charge in [0.15, 0.2) is 5.79 Å². The number of hydrogen-bond acceptors (Lipinski definition) is 3. The van der Waals surface area contributed by atoms with E-state index >= 15 is 0 Å². The number of carboxylic acids is 1. The topological polar surface area (TPSA) is 77.8 Å². The summed E-state index contributed by atoms with van der Waals surface area (Å²) in [5.41, 5.74) is -0.0961. The van der Waals surface area contributed by atoms with Crippen molar-refractivity contribution >= 4 is 5.97 Å². The SMILES string of the molecule is O=C(O)C1=CC(O)(O)CC=C1. The minimum Gasteiger partial charge on any atom is -0.478 e. The smallest absolute Gasteiger partial charge is 0.335 e. The van der Waals surface area contributed by atoms with Gasteiger partial charge in [0.05, 0.1) is 5.57 Å². The second-order valence-electron chi connectivity index (χ2n) is 2.39. The van der Waals surface area contributed by atoms with Crippen molar-refractivity contribution in [2.24, 2.45) is 0 Å². The van der Waals surface area contributed by atoms with Gasteiger partial charge in [-0.25, -0.2) is 4.79 Å². The van der Waals surface area contributed by atoms with Crippen LogP contribution < -0.4 is 0 Å². The summed E-state index contributed by atoms with van der Waals surface area (Å²) in [5, 5.41) is 26.3. The third-order valence-electron chi connectivity index (χ3n) is 1.35. The van der Waals surface area contributed by atoms with E-state index in [4.69, 9.17) is 15.3 Å². The first kappa shape index (κ1) is 7.97. The van der Waals surface area contributed by atoms with Gasteiger partial charge in [-0.15, -0.1) is 0 Å². The van der Waals surface area contributed by atoms with E-state index in [9.17, 15) is 4.79 Å². The molecule has 0 unspecified atom stereocenters. The minimum atomic E-state index is -2.00. The van der Waals surface area contributed by atoms with Crippen LogP contribution in [-0.4, -0.2) is 27.1 Å².